The van der Waals surface area contributed by atoms with Crippen molar-refractivity contribution >= 4 is 6.47 Å². The zero-order chi connectivity index (χ0) is 7.78. The molecule has 1 aliphatic carbocycles. The molecule has 3 heteroatoms. The quantitative estimate of drug-likeness (QED) is 0.565. The molecular weight excluding hydrogens is 130 g/mol. The number of carbonyl (C=O) groups excluding carboxylic acids is 1. The van der Waals surface area contributed by atoms with Crippen LogP contribution in [0.3, 0.4) is 0 Å². The van der Waals surface area contributed by atoms with Gasteiger partial charge in [0.25, 0.3) is 6.47 Å². The van der Waals surface area contributed by atoms with Gasteiger partial charge in [-0.05, 0) is 0 Å². The van der Waals surface area contributed by atoms with E-state index in [1.807, 2.05) is 13.8 Å². The van der Waals surface area contributed by atoms with Crippen LogP contribution in [-0.2, 0) is 9.53 Å². The van der Waals surface area contributed by atoms with Gasteiger partial charge in [0.15, 0.2) is 0 Å². The molecular formula is C7H13NO2. The van der Waals surface area contributed by atoms with E-state index in [4.69, 9.17) is 10.5 Å². The first-order valence-corrected chi connectivity index (χ1v) is 3.43. The maximum atomic E-state index is 9.94. The van der Waals surface area contributed by atoms with Gasteiger partial charge in [0.05, 0.1) is 0 Å². The summed E-state index contributed by atoms with van der Waals surface area (Å²) < 4.78 is 4.80. The molecule has 0 amide bonds. The van der Waals surface area contributed by atoms with Crippen LogP contribution in [0.15, 0.2) is 0 Å². The largest absolute Gasteiger partial charge is 0.464 e. The van der Waals surface area contributed by atoms with Crippen LogP contribution in [0.5, 0.6) is 0 Å². The molecule has 1 aliphatic rings. The van der Waals surface area contributed by atoms with E-state index in [1.165, 1.54) is 0 Å². The van der Waals surface area contributed by atoms with E-state index in [0.717, 1.165) is 6.42 Å². The molecule has 2 unspecified atom stereocenters. The van der Waals surface area contributed by atoms with Gasteiger partial charge in [0.2, 0.25) is 0 Å². The van der Waals surface area contributed by atoms with Gasteiger partial charge in [-0.3, -0.25) is 4.79 Å². The van der Waals surface area contributed by atoms with Crippen molar-refractivity contribution in [1.29, 1.82) is 0 Å². The average Bonchev–Trinajstić information content (AvgIpc) is 1.88. The average molecular weight is 143 g/mol. The Morgan fingerprint density at radius 2 is 2.30 bits per heavy atom. The standard InChI is InChI=1S/C7H13NO2/c1-7(2)5(8)3-6(7)10-4-9/h4-6H,3,8H2,1-2H3. The zero-order valence-corrected chi connectivity index (χ0v) is 6.33. The van der Waals surface area contributed by atoms with Crippen molar-refractivity contribution in [3.05, 3.63) is 0 Å². The van der Waals surface area contributed by atoms with Crippen molar-refractivity contribution in [3.8, 4) is 0 Å². The van der Waals surface area contributed by atoms with Crippen molar-refractivity contribution in [2.75, 3.05) is 0 Å². The fourth-order valence-electron chi connectivity index (χ4n) is 1.21. The molecule has 0 aliphatic heterocycles. The SMILES string of the molecule is CC1(C)C(N)CC1OC=O. The Balaban J connectivity index is 2.46. The lowest BCUT2D eigenvalue weighted by molar-refractivity contribution is -0.152. The topological polar surface area (TPSA) is 52.3 Å². The fraction of sp³-hybridized carbons (Fsp3) is 0.857. The van der Waals surface area contributed by atoms with E-state index in [-0.39, 0.29) is 17.6 Å². The Labute approximate surface area is 60.5 Å². The highest BCUT2D eigenvalue weighted by atomic mass is 16.5. The lowest BCUT2D eigenvalue weighted by atomic mass is 9.65. The van der Waals surface area contributed by atoms with Gasteiger partial charge in [-0.1, -0.05) is 13.8 Å². The van der Waals surface area contributed by atoms with E-state index in [9.17, 15) is 4.79 Å². The summed E-state index contributed by atoms with van der Waals surface area (Å²) in [4.78, 5) is 9.94. The normalized spacial score (nSPS) is 36.3. The first-order chi connectivity index (χ1) is 4.59. The van der Waals surface area contributed by atoms with E-state index < -0.39 is 0 Å². The summed E-state index contributed by atoms with van der Waals surface area (Å²) in [5.74, 6) is 0. The number of hydrogen-bond acceptors (Lipinski definition) is 3. The maximum Gasteiger partial charge on any atom is 0.293 e. The Kier molecular flexibility index (Phi) is 1.68. The molecule has 0 bridgehead atoms. The summed E-state index contributed by atoms with van der Waals surface area (Å²) in [6, 6.07) is 0.178. The van der Waals surface area contributed by atoms with Crippen LogP contribution in [0.4, 0.5) is 0 Å². The van der Waals surface area contributed by atoms with Gasteiger partial charge in [-0.15, -0.1) is 0 Å². The van der Waals surface area contributed by atoms with E-state index >= 15 is 0 Å². The fourth-order valence-corrected chi connectivity index (χ4v) is 1.21. The molecule has 0 heterocycles. The van der Waals surface area contributed by atoms with Crippen molar-refractivity contribution in [3.63, 3.8) is 0 Å². The lowest BCUT2D eigenvalue weighted by Crippen LogP contribution is -2.58. The summed E-state index contributed by atoms with van der Waals surface area (Å²) in [6.07, 6.45) is 0.825. The molecule has 2 atom stereocenters. The van der Waals surface area contributed by atoms with Crippen LogP contribution in [0.2, 0.25) is 0 Å². The van der Waals surface area contributed by atoms with Gasteiger partial charge in [-0.2, -0.15) is 0 Å². The minimum Gasteiger partial charge on any atom is -0.464 e. The lowest BCUT2D eigenvalue weighted by Gasteiger charge is -2.48. The Hall–Kier alpha value is -0.570. The van der Waals surface area contributed by atoms with Gasteiger partial charge in [-0.25, -0.2) is 0 Å². The first kappa shape index (κ1) is 7.54. The molecule has 0 saturated heterocycles. The summed E-state index contributed by atoms with van der Waals surface area (Å²) in [5.41, 5.74) is 5.65. The minimum absolute atomic E-state index is 0.0269. The van der Waals surface area contributed by atoms with Gasteiger partial charge >= 0.3 is 0 Å². The Morgan fingerprint density at radius 1 is 1.70 bits per heavy atom. The van der Waals surface area contributed by atoms with E-state index in [1.54, 1.807) is 0 Å². The van der Waals surface area contributed by atoms with Crippen LogP contribution in [0.1, 0.15) is 20.3 Å². The molecule has 0 aromatic heterocycles. The third-order valence-corrected chi connectivity index (χ3v) is 2.47. The Morgan fingerprint density at radius 3 is 2.60 bits per heavy atom. The van der Waals surface area contributed by atoms with Crippen LogP contribution < -0.4 is 5.73 Å². The van der Waals surface area contributed by atoms with E-state index in [2.05, 4.69) is 0 Å². The maximum absolute atomic E-state index is 9.94. The first-order valence-electron chi connectivity index (χ1n) is 3.43. The summed E-state index contributed by atoms with van der Waals surface area (Å²) >= 11 is 0. The highest BCUT2D eigenvalue weighted by Gasteiger charge is 2.47. The number of rotatable bonds is 2. The summed E-state index contributed by atoms with van der Waals surface area (Å²) in [7, 11) is 0. The molecule has 1 rings (SSSR count). The molecule has 2 N–H and O–H groups in total. The van der Waals surface area contributed by atoms with Gasteiger partial charge in [0.1, 0.15) is 6.10 Å². The molecule has 0 aromatic rings. The third kappa shape index (κ3) is 0.904. The molecule has 3 nitrogen and oxygen atoms in total. The predicted octanol–water partition coefficient (Wildman–Crippen LogP) is 0.285. The van der Waals surface area contributed by atoms with E-state index in [0.29, 0.717) is 6.47 Å². The number of carbonyl (C=O) groups is 1. The van der Waals surface area contributed by atoms with Crippen LogP contribution in [-0.4, -0.2) is 18.6 Å². The second kappa shape index (κ2) is 2.23. The molecule has 0 radical (unpaired) electrons. The molecule has 58 valence electrons. The summed E-state index contributed by atoms with van der Waals surface area (Å²) in [6.45, 7) is 4.52. The number of ether oxygens (including phenoxy) is 1. The van der Waals surface area contributed by atoms with Crippen molar-refractivity contribution in [2.45, 2.75) is 32.4 Å². The summed E-state index contributed by atoms with van der Waals surface area (Å²) in [5, 5.41) is 0. The minimum atomic E-state index is -0.0269. The van der Waals surface area contributed by atoms with Gasteiger partial charge < -0.3 is 10.5 Å². The molecule has 0 spiro atoms. The number of hydrogen-bond donors (Lipinski definition) is 1. The molecule has 1 fully saturated rings. The van der Waals surface area contributed by atoms with Gasteiger partial charge in [0, 0.05) is 17.9 Å². The Bertz CT molecular complexity index is 145. The van der Waals surface area contributed by atoms with Crippen LogP contribution in [0.25, 0.3) is 0 Å². The van der Waals surface area contributed by atoms with Crippen molar-refractivity contribution in [2.24, 2.45) is 11.1 Å². The molecule has 0 aromatic carbocycles. The van der Waals surface area contributed by atoms with Crippen LogP contribution in [0, 0.1) is 5.41 Å². The highest BCUT2D eigenvalue weighted by molar-refractivity contribution is 5.38. The second-order valence-electron chi connectivity index (χ2n) is 3.38. The van der Waals surface area contributed by atoms with Crippen molar-refractivity contribution < 1.29 is 9.53 Å². The smallest absolute Gasteiger partial charge is 0.293 e. The van der Waals surface area contributed by atoms with Crippen LogP contribution >= 0.6 is 0 Å². The second-order valence-corrected chi connectivity index (χ2v) is 3.38. The van der Waals surface area contributed by atoms with Crippen molar-refractivity contribution in [1.82, 2.24) is 0 Å². The third-order valence-electron chi connectivity index (χ3n) is 2.47. The monoisotopic (exact) mass is 143 g/mol. The number of nitrogens with two attached hydrogens (primary N) is 1. The molecule has 1 saturated carbocycles. The highest BCUT2D eigenvalue weighted by Crippen LogP contribution is 2.40. The molecule has 10 heavy (non-hydrogen) atoms. The predicted molar refractivity (Wildman–Crippen MR) is 37.3 cm³/mol. The zero-order valence-electron chi connectivity index (χ0n) is 6.33.